The third-order valence-electron chi connectivity index (χ3n) is 5.02. The molecule has 0 atom stereocenters. The molecule has 0 aliphatic carbocycles. The predicted octanol–water partition coefficient (Wildman–Crippen LogP) is 2.56. The number of carbonyl (C=O) groups excluding carboxylic acids is 2. The van der Waals surface area contributed by atoms with Crippen LogP contribution in [0.2, 0.25) is 0 Å². The number of carbonyl (C=O) groups is 2. The second-order valence-corrected chi connectivity index (χ2v) is 6.61. The van der Waals surface area contributed by atoms with Gasteiger partial charge >= 0.3 is 0 Å². The van der Waals surface area contributed by atoms with Crippen molar-refractivity contribution < 1.29 is 9.59 Å². The number of para-hydroxylation sites is 1. The molecule has 0 radical (unpaired) electrons. The normalized spacial score (nSPS) is 18.3. The van der Waals surface area contributed by atoms with Gasteiger partial charge < -0.3 is 15.5 Å². The Balaban J connectivity index is 0.00000208. The molecule has 0 unspecified atom stereocenters. The summed E-state index contributed by atoms with van der Waals surface area (Å²) >= 11 is 0. The molecule has 3 rings (SSSR count). The number of benzene rings is 1. The third kappa shape index (κ3) is 4.20. The highest BCUT2D eigenvalue weighted by Gasteiger charge is 2.27. The van der Waals surface area contributed by atoms with Crippen LogP contribution in [0.4, 0.5) is 5.69 Å². The minimum Gasteiger partial charge on any atom is -0.398 e. The van der Waals surface area contributed by atoms with E-state index in [1.807, 2.05) is 21.9 Å². The number of hydrogen-bond donors (Lipinski definition) is 1. The van der Waals surface area contributed by atoms with Crippen LogP contribution in [-0.2, 0) is 4.79 Å². The Morgan fingerprint density at radius 1 is 1.00 bits per heavy atom. The highest BCUT2D eigenvalue weighted by molar-refractivity contribution is 5.99. The van der Waals surface area contributed by atoms with Crippen LogP contribution in [0.5, 0.6) is 0 Å². The maximum Gasteiger partial charge on any atom is 0.255 e. The van der Waals surface area contributed by atoms with E-state index in [4.69, 9.17) is 5.73 Å². The standard InChI is InChI=1S/C18H25N3O2.ClH/c19-16-6-2-1-5-15(16)18(23)21-11-7-14(8-12-21)13-17(22)20-9-3-4-10-20;/h1-2,5-6,14H,3-4,7-13,19H2;1H. The molecule has 0 bridgehead atoms. The molecule has 2 amide bonds. The summed E-state index contributed by atoms with van der Waals surface area (Å²) in [6, 6.07) is 7.21. The number of nitrogens with two attached hydrogens (primary N) is 1. The molecule has 132 valence electrons. The maximum atomic E-state index is 12.5. The van der Waals surface area contributed by atoms with E-state index in [1.54, 1.807) is 12.1 Å². The van der Waals surface area contributed by atoms with Crippen molar-refractivity contribution in [1.29, 1.82) is 0 Å². The number of amides is 2. The molecule has 1 aromatic carbocycles. The summed E-state index contributed by atoms with van der Waals surface area (Å²) in [4.78, 5) is 28.6. The van der Waals surface area contributed by atoms with Gasteiger partial charge in [0.1, 0.15) is 0 Å². The van der Waals surface area contributed by atoms with Crippen LogP contribution in [0.3, 0.4) is 0 Å². The molecule has 2 fully saturated rings. The minimum absolute atomic E-state index is 0. The Morgan fingerprint density at radius 2 is 1.62 bits per heavy atom. The van der Waals surface area contributed by atoms with Gasteiger partial charge in [0.25, 0.3) is 5.91 Å². The highest BCUT2D eigenvalue weighted by atomic mass is 35.5. The summed E-state index contributed by atoms with van der Waals surface area (Å²) in [5.74, 6) is 0.701. The molecular weight excluding hydrogens is 326 g/mol. The number of nitrogen functional groups attached to an aromatic ring is 1. The van der Waals surface area contributed by atoms with E-state index in [1.165, 1.54) is 0 Å². The molecule has 6 heteroatoms. The molecule has 0 saturated carbocycles. The zero-order valence-electron chi connectivity index (χ0n) is 13.9. The lowest BCUT2D eigenvalue weighted by atomic mass is 9.92. The van der Waals surface area contributed by atoms with Crippen LogP contribution >= 0.6 is 12.4 Å². The van der Waals surface area contributed by atoms with Crippen LogP contribution in [0, 0.1) is 5.92 Å². The maximum absolute atomic E-state index is 12.5. The molecule has 2 heterocycles. The number of nitrogens with zero attached hydrogens (tertiary/aromatic N) is 2. The lowest BCUT2D eigenvalue weighted by Crippen LogP contribution is -2.40. The molecule has 0 aromatic heterocycles. The molecular formula is C18H26ClN3O2. The largest absolute Gasteiger partial charge is 0.398 e. The average molecular weight is 352 g/mol. The number of anilines is 1. The molecule has 24 heavy (non-hydrogen) atoms. The van der Waals surface area contributed by atoms with E-state index in [9.17, 15) is 9.59 Å². The average Bonchev–Trinajstić information content (AvgIpc) is 3.10. The second-order valence-electron chi connectivity index (χ2n) is 6.61. The zero-order valence-corrected chi connectivity index (χ0v) is 14.8. The Hall–Kier alpha value is -1.75. The van der Waals surface area contributed by atoms with Crippen molar-refractivity contribution in [3.05, 3.63) is 29.8 Å². The number of halogens is 1. The fraction of sp³-hybridized carbons (Fsp3) is 0.556. The van der Waals surface area contributed by atoms with Crippen LogP contribution in [-0.4, -0.2) is 47.8 Å². The summed E-state index contributed by atoms with van der Waals surface area (Å²) in [5, 5.41) is 0. The molecule has 2 saturated heterocycles. The zero-order chi connectivity index (χ0) is 16.2. The molecule has 2 aliphatic rings. The fourth-order valence-electron chi connectivity index (χ4n) is 3.54. The molecule has 0 spiro atoms. The minimum atomic E-state index is 0. The van der Waals surface area contributed by atoms with Crippen LogP contribution in [0.15, 0.2) is 24.3 Å². The van der Waals surface area contributed by atoms with Crippen molar-refractivity contribution in [2.24, 2.45) is 5.92 Å². The van der Waals surface area contributed by atoms with Gasteiger partial charge in [-0.1, -0.05) is 12.1 Å². The van der Waals surface area contributed by atoms with Gasteiger partial charge in [0.15, 0.2) is 0 Å². The smallest absolute Gasteiger partial charge is 0.255 e. The van der Waals surface area contributed by atoms with E-state index in [0.29, 0.717) is 42.6 Å². The van der Waals surface area contributed by atoms with Gasteiger partial charge in [-0.25, -0.2) is 0 Å². The van der Waals surface area contributed by atoms with Gasteiger partial charge in [-0.15, -0.1) is 12.4 Å². The van der Waals surface area contributed by atoms with Crippen molar-refractivity contribution in [3.63, 3.8) is 0 Å². The van der Waals surface area contributed by atoms with E-state index in [2.05, 4.69) is 0 Å². The van der Waals surface area contributed by atoms with Crippen LogP contribution in [0.1, 0.15) is 42.5 Å². The van der Waals surface area contributed by atoms with Gasteiger partial charge in [-0.05, 0) is 43.7 Å². The van der Waals surface area contributed by atoms with E-state index in [-0.39, 0.29) is 18.3 Å². The third-order valence-corrected chi connectivity index (χ3v) is 5.02. The van der Waals surface area contributed by atoms with E-state index in [0.717, 1.165) is 38.8 Å². The van der Waals surface area contributed by atoms with Crippen molar-refractivity contribution in [1.82, 2.24) is 9.80 Å². The first kappa shape index (κ1) is 18.6. The van der Waals surface area contributed by atoms with Gasteiger partial charge in [0.2, 0.25) is 5.91 Å². The SMILES string of the molecule is Cl.Nc1ccccc1C(=O)N1CCC(CC(=O)N2CCCC2)CC1. The number of piperidine rings is 1. The summed E-state index contributed by atoms with van der Waals surface area (Å²) in [7, 11) is 0. The molecule has 2 N–H and O–H groups in total. The Kier molecular flexibility index (Phi) is 6.49. The molecule has 1 aromatic rings. The first-order valence-electron chi connectivity index (χ1n) is 8.56. The van der Waals surface area contributed by atoms with Gasteiger partial charge in [-0.3, -0.25) is 9.59 Å². The van der Waals surface area contributed by atoms with Gasteiger partial charge in [-0.2, -0.15) is 0 Å². The quantitative estimate of drug-likeness (QED) is 0.851. The molecule has 2 aliphatic heterocycles. The van der Waals surface area contributed by atoms with Gasteiger partial charge in [0.05, 0.1) is 5.56 Å². The monoisotopic (exact) mass is 351 g/mol. The summed E-state index contributed by atoms with van der Waals surface area (Å²) in [6.07, 6.45) is 4.71. The number of hydrogen-bond acceptors (Lipinski definition) is 3. The molecule has 5 nitrogen and oxygen atoms in total. The summed E-state index contributed by atoms with van der Waals surface area (Å²) < 4.78 is 0. The summed E-state index contributed by atoms with van der Waals surface area (Å²) in [6.45, 7) is 3.27. The van der Waals surface area contributed by atoms with Gasteiger partial charge in [0, 0.05) is 38.3 Å². The fourth-order valence-corrected chi connectivity index (χ4v) is 3.54. The van der Waals surface area contributed by atoms with Crippen molar-refractivity contribution in [3.8, 4) is 0 Å². The second kappa shape index (κ2) is 8.38. The topological polar surface area (TPSA) is 66.6 Å². The van der Waals surface area contributed by atoms with Crippen LogP contribution in [0.25, 0.3) is 0 Å². The predicted molar refractivity (Wildman–Crippen MR) is 97.2 cm³/mol. The van der Waals surface area contributed by atoms with E-state index < -0.39 is 0 Å². The Labute approximate surface area is 149 Å². The van der Waals surface area contributed by atoms with Crippen molar-refractivity contribution in [2.45, 2.75) is 32.1 Å². The first-order chi connectivity index (χ1) is 11.1. The van der Waals surface area contributed by atoms with E-state index >= 15 is 0 Å². The first-order valence-corrected chi connectivity index (χ1v) is 8.56. The lowest BCUT2D eigenvalue weighted by molar-refractivity contribution is -0.131. The Bertz CT molecular complexity index is 579. The Morgan fingerprint density at radius 3 is 2.25 bits per heavy atom. The summed E-state index contributed by atoms with van der Waals surface area (Å²) in [5.41, 5.74) is 7.01. The van der Waals surface area contributed by atoms with Crippen molar-refractivity contribution >= 4 is 29.9 Å². The lowest BCUT2D eigenvalue weighted by Gasteiger charge is -2.32. The number of likely N-dealkylation sites (tertiary alicyclic amines) is 2. The van der Waals surface area contributed by atoms with Crippen LogP contribution < -0.4 is 5.73 Å². The number of rotatable bonds is 3. The highest BCUT2D eigenvalue weighted by Crippen LogP contribution is 2.24. The van der Waals surface area contributed by atoms with Crippen molar-refractivity contribution in [2.75, 3.05) is 31.9 Å².